The lowest BCUT2D eigenvalue weighted by Crippen LogP contribution is -2.45. The van der Waals surface area contributed by atoms with E-state index in [0.29, 0.717) is 22.3 Å². The van der Waals surface area contributed by atoms with Crippen LogP contribution in [0.5, 0.6) is 0 Å². The van der Waals surface area contributed by atoms with Gasteiger partial charge in [0.15, 0.2) is 0 Å². The number of nitrogens with two attached hydrogens (primary N) is 1. The lowest BCUT2D eigenvalue weighted by atomic mass is 10.0. The van der Waals surface area contributed by atoms with Crippen LogP contribution in [0.1, 0.15) is 43.4 Å². The van der Waals surface area contributed by atoms with Crippen molar-refractivity contribution < 1.29 is 26.4 Å². The first kappa shape index (κ1) is 29.5. The Morgan fingerprint density at radius 3 is 2.54 bits per heavy atom. The van der Waals surface area contributed by atoms with Gasteiger partial charge in [0.1, 0.15) is 4.99 Å². The van der Waals surface area contributed by atoms with Gasteiger partial charge in [0.05, 0.1) is 6.04 Å². The molecule has 1 amide bonds. The number of benzene rings is 2. The van der Waals surface area contributed by atoms with Crippen LogP contribution < -0.4 is 16.4 Å². The van der Waals surface area contributed by atoms with Crippen molar-refractivity contribution in [1.29, 1.82) is 0 Å². The van der Waals surface area contributed by atoms with Crippen molar-refractivity contribution in [3.63, 3.8) is 0 Å². The second-order valence-electron chi connectivity index (χ2n) is 10.8. The molecule has 3 heterocycles. The number of carbonyl (C=O) groups excluding carboxylic acids is 1. The van der Waals surface area contributed by atoms with Crippen LogP contribution in [0.3, 0.4) is 0 Å². The number of piperidine rings is 1. The summed E-state index contributed by atoms with van der Waals surface area (Å²) in [5.41, 5.74) is 4.72. The Morgan fingerprint density at radius 1 is 1.17 bits per heavy atom. The minimum absolute atomic E-state index is 0.0571. The van der Waals surface area contributed by atoms with Gasteiger partial charge < -0.3 is 20.9 Å². The van der Waals surface area contributed by atoms with Gasteiger partial charge in [-0.05, 0) is 55.0 Å². The summed E-state index contributed by atoms with van der Waals surface area (Å²) in [7, 11) is -5.38. The molecule has 2 aromatic carbocycles. The number of fused-ring (bicyclic) bond motifs is 1. The Kier molecular flexibility index (Phi) is 8.16. The minimum Gasteiger partial charge on any atom is -0.389 e. The molecule has 0 unspecified atom stereocenters. The average Bonchev–Trinajstić information content (AvgIpc) is 3.55. The van der Waals surface area contributed by atoms with Gasteiger partial charge in [-0.1, -0.05) is 49.5 Å². The molecule has 2 aliphatic heterocycles. The van der Waals surface area contributed by atoms with Gasteiger partial charge in [-0.3, -0.25) is 4.79 Å². The van der Waals surface area contributed by atoms with E-state index < -0.39 is 15.5 Å². The Bertz CT molecular complexity index is 1580. The van der Waals surface area contributed by atoms with Crippen LogP contribution in [0, 0.1) is 5.92 Å². The molecule has 0 saturated carbocycles. The van der Waals surface area contributed by atoms with E-state index in [2.05, 4.69) is 17.6 Å². The predicted octanol–water partition coefficient (Wildman–Crippen LogP) is 4.04. The number of sulfonamides is 1. The van der Waals surface area contributed by atoms with Gasteiger partial charge in [-0.2, -0.15) is 17.5 Å². The third-order valence-corrected chi connectivity index (χ3v) is 9.81. The molecule has 2 aliphatic rings. The number of hydrogen-bond donors (Lipinski definition) is 3. The highest BCUT2D eigenvalue weighted by molar-refractivity contribution is 7.90. The highest BCUT2D eigenvalue weighted by atomic mass is 32.2. The van der Waals surface area contributed by atoms with Gasteiger partial charge in [-0.15, -0.1) is 0 Å². The SMILES string of the molecule is C[C@@H]1CN[C@H](C(=O)NCc2ccc3c(-c4cccc(C(N)=S)c4)cn(C4CCN(S(=O)(=O)C(F)(F)F)CC4)c3c2)C1. The van der Waals surface area contributed by atoms with E-state index in [0.717, 1.165) is 40.6 Å². The topological polar surface area (TPSA) is 109 Å². The molecule has 8 nitrogen and oxygen atoms in total. The first-order chi connectivity index (χ1) is 19.3. The van der Waals surface area contributed by atoms with E-state index in [1.54, 1.807) is 0 Å². The number of rotatable bonds is 7. The standard InChI is InChI=1S/C28H32F3N5O3S2/c1-17-11-24(33-14-17)27(37)34-15-18-5-6-22-23(19-3-2-4-20(13-19)26(32)40)16-36(25(22)12-18)21-7-9-35(10-8-21)41(38,39)28(29,30)31/h2-6,12-13,16-17,21,24,33H,7-11,14-15H2,1H3,(H2,32,40)(H,34,37)/t17-,24-/m0/s1. The number of nitrogens with one attached hydrogen (secondary N) is 2. The molecular weight excluding hydrogens is 575 g/mol. The summed E-state index contributed by atoms with van der Waals surface area (Å²) >= 11 is 5.16. The van der Waals surface area contributed by atoms with Crippen LogP contribution in [0.15, 0.2) is 48.7 Å². The van der Waals surface area contributed by atoms with Gasteiger partial charge in [0.2, 0.25) is 5.91 Å². The van der Waals surface area contributed by atoms with E-state index in [4.69, 9.17) is 18.0 Å². The lowest BCUT2D eigenvalue weighted by molar-refractivity contribution is -0.123. The molecular formula is C28H32F3N5O3S2. The summed E-state index contributed by atoms with van der Waals surface area (Å²) in [4.78, 5) is 12.9. The molecule has 2 saturated heterocycles. The number of aromatic nitrogens is 1. The third-order valence-electron chi connectivity index (χ3n) is 7.94. The van der Waals surface area contributed by atoms with E-state index in [9.17, 15) is 26.4 Å². The van der Waals surface area contributed by atoms with Crippen molar-refractivity contribution in [2.24, 2.45) is 11.7 Å². The van der Waals surface area contributed by atoms with Crippen LogP contribution in [-0.2, 0) is 21.4 Å². The second-order valence-corrected chi connectivity index (χ2v) is 13.2. The van der Waals surface area contributed by atoms with Crippen molar-refractivity contribution in [3.8, 4) is 11.1 Å². The van der Waals surface area contributed by atoms with Gasteiger partial charge in [0, 0.05) is 53.9 Å². The number of thiocarbonyl (C=S) groups is 1. The number of carbonyl (C=O) groups is 1. The van der Waals surface area contributed by atoms with E-state index in [-0.39, 0.29) is 48.9 Å². The zero-order valence-corrected chi connectivity index (χ0v) is 24.1. The molecule has 3 aromatic rings. The summed E-state index contributed by atoms with van der Waals surface area (Å²) in [6, 6.07) is 12.9. The number of halogens is 3. The number of amides is 1. The maximum absolute atomic E-state index is 13.1. The molecule has 2 fully saturated rings. The zero-order valence-electron chi connectivity index (χ0n) is 22.4. The fraction of sp³-hybridized carbons (Fsp3) is 0.429. The summed E-state index contributed by atoms with van der Waals surface area (Å²) < 4.78 is 65.8. The summed E-state index contributed by atoms with van der Waals surface area (Å²) in [6.07, 6.45) is 3.18. The molecule has 4 N–H and O–H groups in total. The van der Waals surface area contributed by atoms with Crippen LogP contribution >= 0.6 is 12.2 Å². The fourth-order valence-electron chi connectivity index (χ4n) is 5.71. The number of nitrogens with zero attached hydrogens (tertiary/aromatic N) is 2. The maximum Gasteiger partial charge on any atom is 0.511 e. The first-order valence-electron chi connectivity index (χ1n) is 13.5. The number of hydrogen-bond acceptors (Lipinski definition) is 5. The van der Waals surface area contributed by atoms with Crippen molar-refractivity contribution in [1.82, 2.24) is 19.5 Å². The predicted molar refractivity (Wildman–Crippen MR) is 155 cm³/mol. The first-order valence-corrected chi connectivity index (χ1v) is 15.3. The molecule has 41 heavy (non-hydrogen) atoms. The Balaban J connectivity index is 1.46. The zero-order chi connectivity index (χ0) is 29.5. The summed E-state index contributed by atoms with van der Waals surface area (Å²) in [5.74, 6) is 0.381. The molecule has 13 heteroatoms. The smallest absolute Gasteiger partial charge is 0.389 e. The van der Waals surface area contributed by atoms with Gasteiger partial charge in [-0.25, -0.2) is 8.42 Å². The van der Waals surface area contributed by atoms with E-state index in [1.807, 2.05) is 53.2 Å². The van der Waals surface area contributed by atoms with Crippen LogP contribution in [0.2, 0.25) is 0 Å². The van der Waals surface area contributed by atoms with E-state index >= 15 is 0 Å². The molecule has 0 aliphatic carbocycles. The van der Waals surface area contributed by atoms with Gasteiger partial charge in [0.25, 0.3) is 0 Å². The number of alkyl halides is 3. The molecule has 0 spiro atoms. The highest BCUT2D eigenvalue weighted by Gasteiger charge is 2.50. The quantitative estimate of drug-likeness (QED) is 0.350. The normalized spacial score (nSPS) is 20.9. The molecule has 0 bridgehead atoms. The molecule has 5 rings (SSSR count). The van der Waals surface area contributed by atoms with Crippen LogP contribution in [-0.4, -0.2) is 59.4 Å². The fourth-order valence-corrected chi connectivity index (χ4v) is 6.82. The highest BCUT2D eigenvalue weighted by Crippen LogP contribution is 2.38. The monoisotopic (exact) mass is 607 g/mol. The molecule has 2 atom stereocenters. The minimum atomic E-state index is -5.38. The second kappa shape index (κ2) is 11.3. The maximum atomic E-state index is 13.1. The van der Waals surface area contributed by atoms with Crippen molar-refractivity contribution in [2.45, 2.75) is 50.3 Å². The lowest BCUT2D eigenvalue weighted by Gasteiger charge is -2.32. The molecule has 1 aromatic heterocycles. The average molecular weight is 608 g/mol. The summed E-state index contributed by atoms with van der Waals surface area (Å²) in [6.45, 7) is 2.75. The van der Waals surface area contributed by atoms with Gasteiger partial charge >= 0.3 is 15.5 Å². The summed E-state index contributed by atoms with van der Waals surface area (Å²) in [5, 5.41) is 7.15. The van der Waals surface area contributed by atoms with Crippen LogP contribution in [0.4, 0.5) is 13.2 Å². The molecule has 0 radical (unpaired) electrons. The van der Waals surface area contributed by atoms with E-state index in [1.165, 1.54) is 0 Å². The van der Waals surface area contributed by atoms with Crippen molar-refractivity contribution in [3.05, 3.63) is 59.8 Å². The van der Waals surface area contributed by atoms with Crippen LogP contribution in [0.25, 0.3) is 22.0 Å². The Hall–Kier alpha value is -3.00. The van der Waals surface area contributed by atoms with Crippen molar-refractivity contribution >= 4 is 44.0 Å². The third kappa shape index (κ3) is 5.99. The van der Waals surface area contributed by atoms with Crippen molar-refractivity contribution in [2.75, 3.05) is 19.6 Å². The molecule has 220 valence electrons. The Morgan fingerprint density at radius 2 is 1.90 bits per heavy atom. The largest absolute Gasteiger partial charge is 0.511 e. The Labute approximate surface area is 242 Å².